The molecule has 1 aromatic rings. The van der Waals surface area contributed by atoms with Gasteiger partial charge in [0.2, 0.25) is 0 Å². The smallest absolute Gasteiger partial charge is 0.252 e. The molecule has 0 aliphatic carbocycles. The minimum Gasteiger partial charge on any atom is -0.504 e. The molecule has 0 aromatic heterocycles. The van der Waals surface area contributed by atoms with E-state index in [0.29, 0.717) is 0 Å². The van der Waals surface area contributed by atoms with Crippen molar-refractivity contribution in [3.63, 3.8) is 0 Å². The van der Waals surface area contributed by atoms with Crippen LogP contribution in [0.4, 0.5) is 0 Å². The number of methoxy groups -OCH3 is 1. The number of primary amides is 1. The lowest BCUT2D eigenvalue weighted by atomic mass is 10.1. The van der Waals surface area contributed by atoms with Gasteiger partial charge in [-0.15, -0.1) is 0 Å². The lowest BCUT2D eigenvalue weighted by Gasteiger charge is -2.05. The Morgan fingerprint density at radius 1 is 1.46 bits per heavy atom. The molecule has 4 N–H and O–H groups in total. The van der Waals surface area contributed by atoms with Crippen LogP contribution >= 0.6 is 0 Å². The van der Waals surface area contributed by atoms with Gasteiger partial charge in [-0.2, -0.15) is 0 Å². The molecule has 5 nitrogen and oxygen atoms in total. The number of carbonyl (C=O) groups is 1. The van der Waals surface area contributed by atoms with Crippen LogP contribution in [0, 0.1) is 0 Å². The van der Waals surface area contributed by atoms with E-state index in [1.165, 1.54) is 19.2 Å². The largest absolute Gasteiger partial charge is 0.504 e. The number of hydrogen-bond donors (Lipinski definition) is 3. The summed E-state index contributed by atoms with van der Waals surface area (Å²) in [6.45, 7) is 0. The van der Waals surface area contributed by atoms with Crippen molar-refractivity contribution < 1.29 is 19.7 Å². The molecule has 0 atom stereocenters. The summed E-state index contributed by atoms with van der Waals surface area (Å²) in [6.07, 6.45) is 0. The highest BCUT2D eigenvalue weighted by atomic mass is 16.5. The highest BCUT2D eigenvalue weighted by Gasteiger charge is 2.13. The molecule has 0 saturated carbocycles. The van der Waals surface area contributed by atoms with Crippen molar-refractivity contribution in [1.29, 1.82) is 0 Å². The molecular weight excluding hydrogens is 174 g/mol. The summed E-state index contributed by atoms with van der Waals surface area (Å²) in [5, 5.41) is 18.3. The molecule has 0 aliphatic heterocycles. The van der Waals surface area contributed by atoms with E-state index in [-0.39, 0.29) is 11.3 Å². The summed E-state index contributed by atoms with van der Waals surface area (Å²) in [6, 6.07) is 2.43. The van der Waals surface area contributed by atoms with Crippen molar-refractivity contribution >= 4 is 5.91 Å². The standard InChI is InChI=1S/C8H9NO4/c1-13-4-2-5(8(9)12)7(11)6(10)3-4/h2-3,10-11H,1H3,(H2,9,12). The molecule has 0 radical (unpaired) electrons. The van der Waals surface area contributed by atoms with Crippen LogP contribution < -0.4 is 10.5 Å². The topological polar surface area (TPSA) is 92.8 Å². The van der Waals surface area contributed by atoms with E-state index in [9.17, 15) is 9.90 Å². The Bertz CT molecular complexity index is 348. The SMILES string of the molecule is COc1cc(O)c(O)c(C(N)=O)c1. The molecule has 13 heavy (non-hydrogen) atoms. The van der Waals surface area contributed by atoms with Crippen LogP contribution in [0.15, 0.2) is 12.1 Å². The Labute approximate surface area is 74.4 Å². The first-order valence-electron chi connectivity index (χ1n) is 3.46. The lowest BCUT2D eigenvalue weighted by molar-refractivity contribution is 0.0996. The second kappa shape index (κ2) is 3.22. The number of ether oxygens (including phenoxy) is 1. The molecule has 1 rings (SSSR count). The van der Waals surface area contributed by atoms with Gasteiger partial charge in [-0.3, -0.25) is 4.79 Å². The van der Waals surface area contributed by atoms with Crippen molar-refractivity contribution in [2.45, 2.75) is 0 Å². The van der Waals surface area contributed by atoms with Crippen molar-refractivity contribution in [3.05, 3.63) is 17.7 Å². The normalized spacial score (nSPS) is 9.62. The van der Waals surface area contributed by atoms with Crippen LogP contribution in [0.3, 0.4) is 0 Å². The van der Waals surface area contributed by atoms with Gasteiger partial charge in [-0.05, 0) is 6.07 Å². The second-order valence-electron chi connectivity index (χ2n) is 2.41. The Morgan fingerprint density at radius 3 is 2.54 bits per heavy atom. The molecule has 5 heteroatoms. The van der Waals surface area contributed by atoms with E-state index < -0.39 is 17.4 Å². The number of amides is 1. The first-order valence-corrected chi connectivity index (χ1v) is 3.46. The zero-order valence-corrected chi connectivity index (χ0v) is 6.94. The summed E-state index contributed by atoms with van der Waals surface area (Å²) in [7, 11) is 1.37. The molecule has 70 valence electrons. The quantitative estimate of drug-likeness (QED) is 0.571. The fourth-order valence-electron chi connectivity index (χ4n) is 0.899. The Morgan fingerprint density at radius 2 is 2.08 bits per heavy atom. The third-order valence-corrected chi connectivity index (χ3v) is 1.56. The number of benzene rings is 1. The zero-order valence-electron chi connectivity index (χ0n) is 6.94. The predicted octanol–water partition coefficient (Wildman–Crippen LogP) is 0.205. The highest BCUT2D eigenvalue weighted by Crippen LogP contribution is 2.33. The first kappa shape index (κ1) is 9.18. The number of nitrogens with two attached hydrogens (primary N) is 1. The summed E-state index contributed by atoms with van der Waals surface area (Å²) >= 11 is 0. The molecule has 0 bridgehead atoms. The van der Waals surface area contributed by atoms with Gasteiger partial charge >= 0.3 is 0 Å². The maximum Gasteiger partial charge on any atom is 0.252 e. The average Bonchev–Trinajstić information content (AvgIpc) is 2.09. The summed E-state index contributed by atoms with van der Waals surface area (Å²) in [5.41, 5.74) is 4.77. The minimum atomic E-state index is -0.827. The van der Waals surface area contributed by atoms with Gasteiger partial charge < -0.3 is 20.7 Å². The Balaban J connectivity index is 3.33. The molecule has 0 aliphatic rings. The molecule has 0 fully saturated rings. The van der Waals surface area contributed by atoms with Crippen molar-refractivity contribution in [1.82, 2.24) is 0 Å². The average molecular weight is 183 g/mol. The van der Waals surface area contributed by atoms with Crippen molar-refractivity contribution in [2.75, 3.05) is 7.11 Å². The Kier molecular flexibility index (Phi) is 2.27. The van der Waals surface area contributed by atoms with Gasteiger partial charge in [0.15, 0.2) is 11.5 Å². The van der Waals surface area contributed by atoms with Crippen molar-refractivity contribution in [2.24, 2.45) is 5.73 Å². The molecule has 0 spiro atoms. The van der Waals surface area contributed by atoms with Crippen LogP contribution in [0.25, 0.3) is 0 Å². The van der Waals surface area contributed by atoms with E-state index in [1.54, 1.807) is 0 Å². The number of aromatic hydroxyl groups is 2. The van der Waals surface area contributed by atoms with E-state index >= 15 is 0 Å². The minimum absolute atomic E-state index is 0.170. The second-order valence-corrected chi connectivity index (χ2v) is 2.41. The highest BCUT2D eigenvalue weighted by molar-refractivity contribution is 5.96. The van der Waals surface area contributed by atoms with Crippen LogP contribution in [0.5, 0.6) is 17.2 Å². The van der Waals surface area contributed by atoms with Crippen LogP contribution in [-0.4, -0.2) is 23.2 Å². The maximum atomic E-state index is 10.7. The van der Waals surface area contributed by atoms with Crippen LogP contribution in [-0.2, 0) is 0 Å². The van der Waals surface area contributed by atoms with Crippen LogP contribution in [0.1, 0.15) is 10.4 Å². The monoisotopic (exact) mass is 183 g/mol. The van der Waals surface area contributed by atoms with E-state index in [1.807, 2.05) is 0 Å². The van der Waals surface area contributed by atoms with Crippen LogP contribution in [0.2, 0.25) is 0 Å². The number of hydrogen-bond acceptors (Lipinski definition) is 4. The number of rotatable bonds is 2. The molecule has 0 heterocycles. The Hall–Kier alpha value is -1.91. The summed E-state index contributed by atoms with van der Waals surface area (Å²) in [5.74, 6) is -1.54. The maximum absolute atomic E-state index is 10.7. The predicted molar refractivity (Wildman–Crippen MR) is 44.8 cm³/mol. The van der Waals surface area contributed by atoms with Gasteiger partial charge in [0.05, 0.1) is 12.7 Å². The summed E-state index contributed by atoms with van der Waals surface area (Å²) < 4.78 is 4.76. The molecule has 0 unspecified atom stereocenters. The third-order valence-electron chi connectivity index (χ3n) is 1.56. The molecule has 1 aromatic carbocycles. The van der Waals surface area contributed by atoms with E-state index in [0.717, 1.165) is 0 Å². The fourth-order valence-corrected chi connectivity index (χ4v) is 0.899. The lowest BCUT2D eigenvalue weighted by Crippen LogP contribution is -2.11. The molecule has 0 saturated heterocycles. The fraction of sp³-hybridized carbons (Fsp3) is 0.125. The number of phenolic OH excluding ortho intramolecular Hbond substituents is 1. The number of phenols is 2. The zero-order chi connectivity index (χ0) is 10.0. The van der Waals surface area contributed by atoms with Gasteiger partial charge in [0.25, 0.3) is 5.91 Å². The van der Waals surface area contributed by atoms with Crippen molar-refractivity contribution in [3.8, 4) is 17.2 Å². The summed E-state index contributed by atoms with van der Waals surface area (Å²) in [4.78, 5) is 10.7. The van der Waals surface area contributed by atoms with Gasteiger partial charge in [-0.1, -0.05) is 0 Å². The first-order chi connectivity index (χ1) is 6.06. The third kappa shape index (κ3) is 1.64. The van der Waals surface area contributed by atoms with Gasteiger partial charge in [0.1, 0.15) is 5.75 Å². The van der Waals surface area contributed by atoms with Gasteiger partial charge in [-0.25, -0.2) is 0 Å². The molecular formula is C8H9NO4. The van der Waals surface area contributed by atoms with E-state index in [2.05, 4.69) is 0 Å². The van der Waals surface area contributed by atoms with E-state index in [4.69, 9.17) is 15.6 Å². The number of carbonyl (C=O) groups excluding carboxylic acids is 1. The molecule has 1 amide bonds. The van der Waals surface area contributed by atoms with Gasteiger partial charge in [0, 0.05) is 6.07 Å².